The largest absolute Gasteiger partial charge is 0.481 e. The number of benzene rings is 2. The van der Waals surface area contributed by atoms with Gasteiger partial charge in [-0.25, -0.2) is 4.98 Å². The predicted octanol–water partition coefficient (Wildman–Crippen LogP) is 4.50. The lowest BCUT2D eigenvalue weighted by molar-refractivity contribution is -0.136. The second-order valence-corrected chi connectivity index (χ2v) is 6.62. The topological polar surface area (TPSA) is 54.6 Å². The van der Waals surface area contributed by atoms with E-state index in [1.165, 1.54) is 0 Å². The summed E-state index contributed by atoms with van der Waals surface area (Å²) < 4.78 is 3.03. The Kier molecular flexibility index (Phi) is 3.32. The molecule has 114 valence electrons. The van der Waals surface area contributed by atoms with E-state index >= 15 is 0 Å². The second kappa shape index (κ2) is 5.37. The average Bonchev–Trinajstić information content (AvgIpc) is 3.05. The van der Waals surface area contributed by atoms with Gasteiger partial charge >= 0.3 is 5.97 Å². The molecular formula is C17H11ClN2O2S. The van der Waals surface area contributed by atoms with Crippen LogP contribution in [0.2, 0.25) is 5.02 Å². The highest BCUT2D eigenvalue weighted by atomic mass is 35.5. The molecule has 0 saturated heterocycles. The Morgan fingerprint density at radius 1 is 1.17 bits per heavy atom. The van der Waals surface area contributed by atoms with Crippen LogP contribution in [0.4, 0.5) is 0 Å². The van der Waals surface area contributed by atoms with E-state index < -0.39 is 5.97 Å². The van der Waals surface area contributed by atoms with Crippen LogP contribution in [0.5, 0.6) is 0 Å². The minimum Gasteiger partial charge on any atom is -0.481 e. The van der Waals surface area contributed by atoms with Gasteiger partial charge in [-0.2, -0.15) is 0 Å². The summed E-state index contributed by atoms with van der Waals surface area (Å²) in [5.41, 5.74) is 3.23. The molecule has 0 aliphatic carbocycles. The van der Waals surface area contributed by atoms with Gasteiger partial charge in [0.1, 0.15) is 0 Å². The molecule has 6 heteroatoms. The Morgan fingerprint density at radius 3 is 2.65 bits per heavy atom. The zero-order valence-corrected chi connectivity index (χ0v) is 13.4. The number of aliphatic carboxylic acids is 1. The number of carboxylic acid groups (broad SMARTS) is 1. The lowest BCUT2D eigenvalue weighted by Crippen LogP contribution is -2.04. The number of aromatic nitrogens is 2. The van der Waals surface area contributed by atoms with Crippen LogP contribution in [0.1, 0.15) is 5.69 Å². The van der Waals surface area contributed by atoms with E-state index in [1.54, 1.807) is 23.5 Å². The van der Waals surface area contributed by atoms with Gasteiger partial charge in [-0.3, -0.25) is 9.20 Å². The number of halogens is 1. The molecule has 0 radical (unpaired) electrons. The standard InChI is InChI=1S/C17H11ClN2O2S/c18-11-7-5-10(6-8-11)16-13(9-15(21)22)20-12-3-1-2-4-14(12)23-17(20)19-16/h1-8H,9H2,(H,21,22). The van der Waals surface area contributed by atoms with Crippen molar-refractivity contribution in [2.45, 2.75) is 6.42 Å². The molecule has 0 spiro atoms. The minimum atomic E-state index is -0.878. The van der Waals surface area contributed by atoms with Crippen molar-refractivity contribution < 1.29 is 9.90 Å². The van der Waals surface area contributed by atoms with Gasteiger partial charge < -0.3 is 5.11 Å². The molecule has 0 aliphatic heterocycles. The van der Waals surface area contributed by atoms with Gasteiger partial charge in [-0.15, -0.1) is 0 Å². The van der Waals surface area contributed by atoms with Crippen molar-refractivity contribution in [2.24, 2.45) is 0 Å². The maximum atomic E-state index is 11.3. The van der Waals surface area contributed by atoms with E-state index in [1.807, 2.05) is 40.8 Å². The van der Waals surface area contributed by atoms with E-state index in [-0.39, 0.29) is 6.42 Å². The summed E-state index contributed by atoms with van der Waals surface area (Å²) in [6.07, 6.45) is -0.0835. The van der Waals surface area contributed by atoms with Crippen molar-refractivity contribution in [1.82, 2.24) is 9.38 Å². The van der Waals surface area contributed by atoms with E-state index in [2.05, 4.69) is 4.98 Å². The zero-order valence-electron chi connectivity index (χ0n) is 11.9. The zero-order chi connectivity index (χ0) is 16.0. The third-order valence-electron chi connectivity index (χ3n) is 3.69. The third-order valence-corrected chi connectivity index (χ3v) is 4.96. The number of rotatable bonds is 3. The van der Waals surface area contributed by atoms with Crippen molar-refractivity contribution in [3.63, 3.8) is 0 Å². The Bertz CT molecular complexity index is 1030. The first kappa shape index (κ1) is 14.2. The molecule has 0 saturated carbocycles. The SMILES string of the molecule is O=C(O)Cc1c(-c2ccc(Cl)cc2)nc2sc3ccccc3n12. The number of carbonyl (C=O) groups is 1. The van der Waals surface area contributed by atoms with Gasteiger partial charge in [0.25, 0.3) is 0 Å². The van der Waals surface area contributed by atoms with Crippen molar-refractivity contribution in [2.75, 3.05) is 0 Å². The molecule has 0 bridgehead atoms. The van der Waals surface area contributed by atoms with Gasteiger partial charge in [0, 0.05) is 10.6 Å². The average molecular weight is 343 g/mol. The number of nitrogens with zero attached hydrogens (tertiary/aromatic N) is 2. The number of carboxylic acids is 1. The lowest BCUT2D eigenvalue weighted by atomic mass is 10.1. The summed E-state index contributed by atoms with van der Waals surface area (Å²) >= 11 is 7.50. The van der Waals surface area contributed by atoms with Gasteiger partial charge in [0.05, 0.1) is 28.0 Å². The van der Waals surface area contributed by atoms with Crippen molar-refractivity contribution in [3.8, 4) is 11.3 Å². The normalized spacial score (nSPS) is 11.3. The summed E-state index contributed by atoms with van der Waals surface area (Å²) in [5.74, 6) is -0.878. The molecule has 2 aromatic carbocycles. The van der Waals surface area contributed by atoms with Gasteiger partial charge in [0.2, 0.25) is 0 Å². The second-order valence-electron chi connectivity index (χ2n) is 5.17. The summed E-state index contributed by atoms with van der Waals surface area (Å²) in [5, 5.41) is 9.95. The van der Waals surface area contributed by atoms with E-state index in [0.29, 0.717) is 16.4 Å². The molecule has 2 aromatic heterocycles. The third kappa shape index (κ3) is 2.38. The molecule has 0 unspecified atom stereocenters. The molecule has 0 aliphatic rings. The van der Waals surface area contributed by atoms with Gasteiger partial charge in [-0.05, 0) is 24.3 Å². The Labute approximate surface area is 140 Å². The molecule has 23 heavy (non-hydrogen) atoms. The molecule has 1 N–H and O–H groups in total. The number of imidazole rings is 1. The fraction of sp³-hybridized carbons (Fsp3) is 0.0588. The molecule has 4 nitrogen and oxygen atoms in total. The van der Waals surface area contributed by atoms with Crippen LogP contribution in [-0.4, -0.2) is 20.5 Å². The fourth-order valence-electron chi connectivity index (χ4n) is 2.72. The number of hydrogen-bond donors (Lipinski definition) is 1. The van der Waals surface area contributed by atoms with Crippen LogP contribution in [0.3, 0.4) is 0 Å². The Balaban J connectivity index is 2.03. The summed E-state index contributed by atoms with van der Waals surface area (Å²) in [7, 11) is 0. The van der Waals surface area contributed by atoms with Gasteiger partial charge in [-0.1, -0.05) is 47.2 Å². The molecule has 2 heterocycles. The first-order chi connectivity index (χ1) is 11.1. The lowest BCUT2D eigenvalue weighted by Gasteiger charge is -2.03. The van der Waals surface area contributed by atoms with E-state index in [9.17, 15) is 9.90 Å². The monoisotopic (exact) mass is 342 g/mol. The van der Waals surface area contributed by atoms with Crippen LogP contribution in [0, 0.1) is 0 Å². The fourth-order valence-corrected chi connectivity index (χ4v) is 3.89. The smallest absolute Gasteiger partial charge is 0.309 e. The highest BCUT2D eigenvalue weighted by Crippen LogP contribution is 2.33. The summed E-state index contributed by atoms with van der Waals surface area (Å²) in [4.78, 5) is 16.8. The molecule has 4 aromatic rings. The Morgan fingerprint density at radius 2 is 1.91 bits per heavy atom. The maximum absolute atomic E-state index is 11.3. The highest BCUT2D eigenvalue weighted by Gasteiger charge is 2.20. The van der Waals surface area contributed by atoms with Crippen LogP contribution in [-0.2, 0) is 11.2 Å². The minimum absolute atomic E-state index is 0.0835. The van der Waals surface area contributed by atoms with Crippen LogP contribution in [0.15, 0.2) is 48.5 Å². The highest BCUT2D eigenvalue weighted by molar-refractivity contribution is 7.23. The first-order valence-corrected chi connectivity index (χ1v) is 8.19. The number of fused-ring (bicyclic) bond motifs is 3. The first-order valence-electron chi connectivity index (χ1n) is 7.00. The van der Waals surface area contributed by atoms with Crippen LogP contribution in [0.25, 0.3) is 26.4 Å². The van der Waals surface area contributed by atoms with E-state index in [0.717, 1.165) is 20.7 Å². The number of para-hydroxylation sites is 1. The van der Waals surface area contributed by atoms with E-state index in [4.69, 9.17) is 11.6 Å². The molecule has 0 atom stereocenters. The predicted molar refractivity (Wildman–Crippen MR) is 92.4 cm³/mol. The Hall–Kier alpha value is -2.37. The molecule has 0 fully saturated rings. The summed E-state index contributed by atoms with van der Waals surface area (Å²) in [6, 6.07) is 15.2. The van der Waals surface area contributed by atoms with Crippen LogP contribution < -0.4 is 0 Å². The number of thiazole rings is 1. The van der Waals surface area contributed by atoms with Gasteiger partial charge in [0.15, 0.2) is 4.96 Å². The van der Waals surface area contributed by atoms with Crippen molar-refractivity contribution in [3.05, 3.63) is 59.2 Å². The van der Waals surface area contributed by atoms with Crippen molar-refractivity contribution in [1.29, 1.82) is 0 Å². The molecule has 0 amide bonds. The molecular weight excluding hydrogens is 332 g/mol. The number of hydrogen-bond acceptors (Lipinski definition) is 3. The molecule has 4 rings (SSSR count). The quantitative estimate of drug-likeness (QED) is 0.596. The summed E-state index contributed by atoms with van der Waals surface area (Å²) in [6.45, 7) is 0. The van der Waals surface area contributed by atoms with Crippen molar-refractivity contribution >= 4 is 44.1 Å². The van der Waals surface area contributed by atoms with Crippen LogP contribution >= 0.6 is 22.9 Å². The maximum Gasteiger partial charge on any atom is 0.309 e.